The third-order valence-electron chi connectivity index (χ3n) is 4.50. The third kappa shape index (κ3) is 2.12. The van der Waals surface area contributed by atoms with Gasteiger partial charge in [-0.15, -0.1) is 0 Å². The zero-order valence-corrected chi connectivity index (χ0v) is 12.7. The van der Waals surface area contributed by atoms with Crippen molar-refractivity contribution in [2.45, 2.75) is 41.6 Å². The van der Waals surface area contributed by atoms with E-state index in [-0.39, 0.29) is 1.43 Å². The minimum absolute atomic E-state index is 0. The molecule has 3 aliphatic carbocycles. The second-order valence-electron chi connectivity index (χ2n) is 5.47. The van der Waals surface area contributed by atoms with Gasteiger partial charge in [-0.2, -0.15) is 0 Å². The van der Waals surface area contributed by atoms with Crippen LogP contribution in [0.3, 0.4) is 0 Å². The summed E-state index contributed by atoms with van der Waals surface area (Å²) in [6, 6.07) is 0. The van der Waals surface area contributed by atoms with Crippen LogP contribution in [0.25, 0.3) is 0 Å². The van der Waals surface area contributed by atoms with Crippen molar-refractivity contribution in [2.24, 2.45) is 5.92 Å². The first-order valence-electron chi connectivity index (χ1n) is 6.77. The van der Waals surface area contributed by atoms with Crippen molar-refractivity contribution < 1.29 is 26.1 Å². The first-order valence-corrected chi connectivity index (χ1v) is 8.00. The van der Waals surface area contributed by atoms with E-state index < -0.39 is 0 Å². The van der Waals surface area contributed by atoms with Gasteiger partial charge in [-0.1, -0.05) is 0 Å². The van der Waals surface area contributed by atoms with Crippen LogP contribution in [-0.2, 0) is 24.7 Å². The predicted octanol–water partition coefficient (Wildman–Crippen LogP) is 4.77. The van der Waals surface area contributed by atoms with E-state index in [9.17, 15) is 0 Å². The van der Waals surface area contributed by atoms with Crippen molar-refractivity contribution in [3.8, 4) is 0 Å². The topological polar surface area (TPSA) is 0 Å². The molecule has 1 heteroatoms. The van der Waals surface area contributed by atoms with E-state index in [0.29, 0.717) is 3.12 Å². The summed E-state index contributed by atoms with van der Waals surface area (Å²) in [6.07, 6.45) is 22.1. The van der Waals surface area contributed by atoms with Crippen LogP contribution in [0, 0.1) is 5.92 Å². The van der Waals surface area contributed by atoms with Gasteiger partial charge in [0.25, 0.3) is 0 Å². The van der Waals surface area contributed by atoms with E-state index in [1.165, 1.54) is 38.5 Å². The molecule has 0 bridgehead atoms. The molecule has 0 N–H and O–H groups in total. The molecule has 0 saturated heterocycles. The first-order chi connectivity index (χ1) is 8.31. The Kier molecular flexibility index (Phi) is 3.39. The van der Waals surface area contributed by atoms with Gasteiger partial charge in [0, 0.05) is 0 Å². The van der Waals surface area contributed by atoms with E-state index in [1.807, 2.05) is 0 Å². The second-order valence-corrected chi connectivity index (χ2v) is 7.66. The maximum absolute atomic E-state index is 2.40. The van der Waals surface area contributed by atoms with Crippen molar-refractivity contribution in [3.05, 3.63) is 47.6 Å². The molecular formula is C16H20Zr-. The average molecular weight is 304 g/mol. The van der Waals surface area contributed by atoms with Gasteiger partial charge in [-0.05, 0) is 0 Å². The fraction of sp³-hybridized carbons (Fsp3) is 0.500. The summed E-state index contributed by atoms with van der Waals surface area (Å²) in [5.74, 6) is 0.829. The molecule has 17 heavy (non-hydrogen) atoms. The molecule has 0 radical (unpaired) electrons. The van der Waals surface area contributed by atoms with Crippen LogP contribution in [0.2, 0.25) is 3.12 Å². The summed E-state index contributed by atoms with van der Waals surface area (Å²) in [6.45, 7) is 0. The Labute approximate surface area is 121 Å². The van der Waals surface area contributed by atoms with Gasteiger partial charge in [-0.3, -0.25) is 0 Å². The Balaban J connectivity index is 0.00000120. The Bertz CT molecular complexity index is 430. The number of rotatable bonds is 2. The van der Waals surface area contributed by atoms with Crippen molar-refractivity contribution in [3.63, 3.8) is 0 Å². The molecule has 1 saturated carbocycles. The van der Waals surface area contributed by atoms with E-state index in [1.54, 1.807) is 35.9 Å². The van der Waals surface area contributed by atoms with Gasteiger partial charge >= 0.3 is 120 Å². The molecule has 1 fully saturated rings. The molecule has 0 spiro atoms. The van der Waals surface area contributed by atoms with E-state index in [4.69, 9.17) is 0 Å². The summed E-state index contributed by atoms with van der Waals surface area (Å²) in [5.41, 5.74) is 3.42. The van der Waals surface area contributed by atoms with Gasteiger partial charge in [0.05, 0.1) is 0 Å². The summed E-state index contributed by atoms with van der Waals surface area (Å²) < 4.78 is 0.520. The molecule has 0 aromatic heterocycles. The fourth-order valence-electron chi connectivity index (χ4n) is 3.56. The maximum atomic E-state index is 2.40. The van der Waals surface area contributed by atoms with Crippen molar-refractivity contribution in [1.29, 1.82) is 0 Å². The van der Waals surface area contributed by atoms with Gasteiger partial charge in [0.1, 0.15) is 0 Å². The molecule has 0 amide bonds. The predicted molar refractivity (Wildman–Crippen MR) is 69.4 cm³/mol. The number of hydrogen-bond acceptors (Lipinski definition) is 0. The summed E-state index contributed by atoms with van der Waals surface area (Å²) in [4.78, 5) is 0. The van der Waals surface area contributed by atoms with Crippen LogP contribution < -0.4 is 0 Å². The molecule has 89 valence electrons. The Morgan fingerprint density at radius 1 is 1.12 bits per heavy atom. The summed E-state index contributed by atoms with van der Waals surface area (Å²) in [7, 11) is 0. The summed E-state index contributed by atoms with van der Waals surface area (Å²) >= 11 is 1.73. The summed E-state index contributed by atoms with van der Waals surface area (Å²) in [5, 5.41) is 0. The van der Waals surface area contributed by atoms with Gasteiger partial charge < -0.3 is 1.43 Å². The number of allylic oxidation sites excluding steroid dienone is 8. The zero-order chi connectivity index (χ0) is 11.7. The molecule has 2 atom stereocenters. The molecular weight excluding hydrogens is 283 g/mol. The normalized spacial score (nSPS) is 36.1. The van der Waals surface area contributed by atoms with Crippen molar-refractivity contribution >= 4 is 0 Å². The minimum atomic E-state index is 0. The van der Waals surface area contributed by atoms with Crippen LogP contribution in [0.5, 0.6) is 0 Å². The van der Waals surface area contributed by atoms with Crippen LogP contribution in [-0.4, -0.2) is 0 Å². The van der Waals surface area contributed by atoms with E-state index in [0.717, 1.165) is 5.92 Å². The monoisotopic (exact) mass is 302 g/mol. The van der Waals surface area contributed by atoms with Crippen LogP contribution in [0.15, 0.2) is 47.6 Å². The van der Waals surface area contributed by atoms with Crippen molar-refractivity contribution in [1.82, 2.24) is 0 Å². The molecule has 0 aliphatic heterocycles. The Hall–Kier alpha value is -0.157. The Morgan fingerprint density at radius 2 is 1.94 bits per heavy atom. The van der Waals surface area contributed by atoms with Gasteiger partial charge in [-0.25, -0.2) is 0 Å². The molecule has 0 aromatic carbocycles. The average Bonchev–Trinajstić information content (AvgIpc) is 3.03. The van der Waals surface area contributed by atoms with Gasteiger partial charge in [0.2, 0.25) is 0 Å². The standard InChI is InChI=1S/C16H19.Zr.H/c1-2-8-13(7-1)15-11-5-6-12-16(15)14-9-3-4-10-14;;/h1-4,7,9,15H,5-6,8,10-12H2;;/q;;-1. The van der Waals surface area contributed by atoms with Crippen LogP contribution in [0.1, 0.15) is 40.0 Å². The number of hydrogen-bond donors (Lipinski definition) is 0. The molecule has 0 nitrogen and oxygen atoms in total. The third-order valence-corrected chi connectivity index (χ3v) is 6.76. The molecule has 3 aliphatic rings. The first kappa shape index (κ1) is 11.9. The SMILES string of the molecule is [H-].[Zr][C]1(C2=CC=CC2)CCCCC1C1=CC=CC1. The van der Waals surface area contributed by atoms with Crippen LogP contribution in [0.4, 0.5) is 0 Å². The fourth-order valence-corrected chi connectivity index (χ4v) is 5.26. The van der Waals surface area contributed by atoms with Crippen molar-refractivity contribution in [2.75, 3.05) is 0 Å². The molecule has 2 unspecified atom stereocenters. The van der Waals surface area contributed by atoms with Crippen LogP contribution >= 0.6 is 0 Å². The molecule has 3 rings (SSSR count). The molecule has 0 heterocycles. The zero-order valence-electron chi connectivity index (χ0n) is 11.3. The second kappa shape index (κ2) is 4.84. The van der Waals surface area contributed by atoms with E-state index in [2.05, 4.69) is 36.5 Å². The van der Waals surface area contributed by atoms with Gasteiger partial charge in [0.15, 0.2) is 0 Å². The Morgan fingerprint density at radius 3 is 2.65 bits per heavy atom. The quantitative estimate of drug-likeness (QED) is 0.689. The molecule has 0 aromatic rings. The van der Waals surface area contributed by atoms with E-state index >= 15 is 0 Å².